The average molecular weight is 354 g/mol. The van der Waals surface area contributed by atoms with Crippen LogP contribution < -0.4 is 10.6 Å². The van der Waals surface area contributed by atoms with Gasteiger partial charge in [0.2, 0.25) is 0 Å². The third-order valence-corrected chi connectivity index (χ3v) is 5.51. The van der Waals surface area contributed by atoms with E-state index in [0.29, 0.717) is 0 Å². The van der Waals surface area contributed by atoms with Gasteiger partial charge in [0.25, 0.3) is 0 Å². The first-order chi connectivity index (χ1) is 10.6. The third kappa shape index (κ3) is 3.20. The second kappa shape index (κ2) is 6.11. The fourth-order valence-corrected chi connectivity index (χ4v) is 4.23. The van der Waals surface area contributed by atoms with Crippen molar-refractivity contribution in [2.24, 2.45) is 0 Å². The van der Waals surface area contributed by atoms with E-state index in [1.807, 2.05) is 0 Å². The van der Waals surface area contributed by atoms with Crippen LogP contribution in [0.1, 0.15) is 0 Å². The van der Waals surface area contributed by atoms with Gasteiger partial charge in [0, 0.05) is 7.92 Å². The summed E-state index contributed by atoms with van der Waals surface area (Å²) in [7, 11) is -3.25. The second-order valence-corrected chi connectivity index (χ2v) is 6.89. The maximum absolute atomic E-state index is 14.3. The molecule has 0 N–H and O–H groups in total. The maximum atomic E-state index is 14.3. The molecule has 23 heavy (non-hydrogen) atoms. The second-order valence-electron chi connectivity index (χ2n) is 4.62. The number of rotatable bonds is 4. The van der Waals surface area contributed by atoms with Crippen molar-refractivity contribution in [1.29, 1.82) is 0 Å². The van der Waals surface area contributed by atoms with E-state index in [-0.39, 0.29) is 10.6 Å². The minimum absolute atomic E-state index is 0.261. The van der Waals surface area contributed by atoms with Gasteiger partial charge in [0.1, 0.15) is 0 Å². The lowest BCUT2D eigenvalue weighted by molar-refractivity contribution is -0.331. The molecule has 0 saturated heterocycles. The highest BCUT2D eigenvalue weighted by atomic mass is 31.1. The van der Waals surface area contributed by atoms with Crippen LogP contribution in [0.25, 0.3) is 0 Å². The molecular formula is C15H10F7P. The quantitative estimate of drug-likeness (QED) is 0.541. The zero-order valence-corrected chi connectivity index (χ0v) is 12.3. The summed E-state index contributed by atoms with van der Waals surface area (Å²) in [6, 6.07) is 12.7. The highest BCUT2D eigenvalue weighted by molar-refractivity contribution is 7.74. The van der Waals surface area contributed by atoms with Crippen molar-refractivity contribution in [3.05, 3.63) is 60.7 Å². The summed E-state index contributed by atoms with van der Waals surface area (Å²) in [5.74, 6) is -6.14. The maximum Gasteiger partial charge on any atom is 0.460 e. The summed E-state index contributed by atoms with van der Waals surface area (Å²) < 4.78 is 93.0. The topological polar surface area (TPSA) is 0 Å². The van der Waals surface area contributed by atoms with Crippen LogP contribution in [0.5, 0.6) is 0 Å². The van der Waals surface area contributed by atoms with Crippen molar-refractivity contribution in [3.8, 4) is 0 Å². The minimum Gasteiger partial charge on any atom is -0.194 e. The van der Waals surface area contributed by atoms with Gasteiger partial charge in [-0.3, -0.25) is 0 Å². The smallest absolute Gasteiger partial charge is 0.194 e. The molecule has 0 saturated carbocycles. The zero-order chi connectivity index (χ0) is 17.3. The molecule has 0 fully saturated rings. The van der Waals surface area contributed by atoms with Gasteiger partial charge < -0.3 is 0 Å². The molecule has 0 heterocycles. The average Bonchev–Trinajstić information content (AvgIpc) is 2.48. The standard InChI is InChI=1S/C15H10F7P/c16-13(17,14(18,19)20)15(21,22)23(11-7-3-1-4-8-11)12-9-5-2-6-10-12/h1-10H. The molecule has 2 aromatic rings. The van der Waals surface area contributed by atoms with Crippen molar-refractivity contribution in [2.45, 2.75) is 17.8 Å². The predicted molar refractivity (Wildman–Crippen MR) is 75.0 cm³/mol. The highest BCUT2D eigenvalue weighted by Gasteiger charge is 2.75. The first kappa shape index (κ1) is 17.7. The predicted octanol–water partition coefficient (Wildman–Crippen LogP) is 4.91. The molecule has 0 aromatic heterocycles. The molecule has 0 spiro atoms. The SMILES string of the molecule is FC(F)(F)C(F)(F)C(F)(F)P(c1ccccc1)c1ccccc1. The first-order valence-electron chi connectivity index (χ1n) is 6.32. The highest BCUT2D eigenvalue weighted by Crippen LogP contribution is 2.61. The van der Waals surface area contributed by atoms with Crippen LogP contribution in [0.4, 0.5) is 30.7 Å². The Balaban J connectivity index is 2.63. The van der Waals surface area contributed by atoms with E-state index in [2.05, 4.69) is 0 Å². The number of hydrogen-bond donors (Lipinski definition) is 0. The molecule has 0 nitrogen and oxygen atoms in total. The van der Waals surface area contributed by atoms with Crippen LogP contribution in [0.3, 0.4) is 0 Å². The Morgan fingerprint density at radius 3 is 1.22 bits per heavy atom. The molecule has 0 unspecified atom stereocenters. The number of halogens is 7. The number of hydrogen-bond acceptors (Lipinski definition) is 0. The normalized spacial score (nSPS) is 13.4. The van der Waals surface area contributed by atoms with Gasteiger partial charge in [0.05, 0.1) is 0 Å². The van der Waals surface area contributed by atoms with E-state index in [0.717, 1.165) is 24.3 Å². The summed E-state index contributed by atoms with van der Waals surface area (Å²) in [5, 5.41) is -0.523. The van der Waals surface area contributed by atoms with Crippen LogP contribution >= 0.6 is 7.92 Å². The van der Waals surface area contributed by atoms with Crippen molar-refractivity contribution >= 4 is 18.5 Å². The van der Waals surface area contributed by atoms with Crippen LogP contribution in [0.2, 0.25) is 0 Å². The molecule has 0 aliphatic carbocycles. The molecule has 0 atom stereocenters. The molecule has 0 bridgehead atoms. The molecule has 0 aliphatic rings. The van der Waals surface area contributed by atoms with E-state index < -0.39 is 25.7 Å². The summed E-state index contributed by atoms with van der Waals surface area (Å²) in [6.45, 7) is 0. The van der Waals surface area contributed by atoms with Gasteiger partial charge in [-0.25, -0.2) is 0 Å². The Morgan fingerprint density at radius 2 is 0.913 bits per heavy atom. The molecule has 0 radical (unpaired) electrons. The van der Waals surface area contributed by atoms with Crippen LogP contribution in [0.15, 0.2) is 60.7 Å². The molecule has 0 amide bonds. The largest absolute Gasteiger partial charge is 0.460 e. The van der Waals surface area contributed by atoms with Crippen molar-refractivity contribution in [1.82, 2.24) is 0 Å². The van der Waals surface area contributed by atoms with Crippen LogP contribution in [-0.2, 0) is 0 Å². The van der Waals surface area contributed by atoms with Crippen LogP contribution in [0, 0.1) is 0 Å². The van der Waals surface area contributed by atoms with Crippen molar-refractivity contribution in [2.75, 3.05) is 0 Å². The van der Waals surface area contributed by atoms with E-state index >= 15 is 0 Å². The molecule has 2 aromatic carbocycles. The fourth-order valence-electron chi connectivity index (χ4n) is 1.94. The Kier molecular flexibility index (Phi) is 4.71. The van der Waals surface area contributed by atoms with E-state index in [9.17, 15) is 30.7 Å². The van der Waals surface area contributed by atoms with E-state index in [1.54, 1.807) is 0 Å². The summed E-state index contributed by atoms with van der Waals surface area (Å²) in [5.41, 5.74) is -5.29. The first-order valence-corrected chi connectivity index (χ1v) is 7.66. The van der Waals surface area contributed by atoms with Crippen LogP contribution in [-0.4, -0.2) is 17.8 Å². The summed E-state index contributed by atoms with van der Waals surface area (Å²) in [4.78, 5) is 0. The summed E-state index contributed by atoms with van der Waals surface area (Å²) >= 11 is 0. The molecule has 2 rings (SSSR count). The lowest BCUT2D eigenvalue weighted by Crippen LogP contribution is -2.53. The Bertz CT molecular complexity index is 598. The van der Waals surface area contributed by atoms with Gasteiger partial charge in [-0.1, -0.05) is 60.7 Å². The molecular weight excluding hydrogens is 344 g/mol. The molecule has 8 heteroatoms. The summed E-state index contributed by atoms with van der Waals surface area (Å²) in [6.07, 6.45) is -6.35. The zero-order valence-electron chi connectivity index (χ0n) is 11.4. The van der Waals surface area contributed by atoms with Gasteiger partial charge in [-0.15, -0.1) is 0 Å². The Morgan fingerprint density at radius 1 is 0.565 bits per heavy atom. The Labute approximate surface area is 128 Å². The number of alkyl halides is 7. The minimum atomic E-state index is -6.35. The lowest BCUT2D eigenvalue weighted by Gasteiger charge is -2.34. The van der Waals surface area contributed by atoms with Crippen molar-refractivity contribution in [3.63, 3.8) is 0 Å². The third-order valence-electron chi connectivity index (χ3n) is 3.04. The van der Waals surface area contributed by atoms with Gasteiger partial charge >= 0.3 is 17.8 Å². The van der Waals surface area contributed by atoms with E-state index in [4.69, 9.17) is 0 Å². The fraction of sp³-hybridized carbons (Fsp3) is 0.200. The monoisotopic (exact) mass is 354 g/mol. The van der Waals surface area contributed by atoms with E-state index in [1.165, 1.54) is 36.4 Å². The van der Waals surface area contributed by atoms with Gasteiger partial charge in [-0.05, 0) is 10.6 Å². The lowest BCUT2D eigenvalue weighted by atomic mass is 10.3. The molecule has 0 aliphatic heterocycles. The number of benzene rings is 2. The Hall–Kier alpha value is -1.62. The van der Waals surface area contributed by atoms with Crippen molar-refractivity contribution < 1.29 is 30.7 Å². The molecule has 124 valence electrons. The van der Waals surface area contributed by atoms with Gasteiger partial charge in [-0.2, -0.15) is 30.7 Å². The van der Waals surface area contributed by atoms with Gasteiger partial charge in [0.15, 0.2) is 0 Å².